The first-order valence-corrected chi connectivity index (χ1v) is 10.1. The molecule has 0 aromatic carbocycles. The molecule has 1 saturated carbocycles. The maximum Gasteiger partial charge on any atom is 0.191 e. The molecule has 2 N–H and O–H groups in total. The van der Waals surface area contributed by atoms with E-state index in [0.29, 0.717) is 18.2 Å². The minimum atomic E-state index is -0.0399. The molecule has 5 heteroatoms. The third-order valence-electron chi connectivity index (χ3n) is 5.67. The van der Waals surface area contributed by atoms with Gasteiger partial charge in [0, 0.05) is 13.2 Å². The minimum Gasteiger partial charge on any atom is -0.373 e. The van der Waals surface area contributed by atoms with Gasteiger partial charge in [-0.05, 0) is 45.4 Å². The van der Waals surface area contributed by atoms with Gasteiger partial charge in [-0.2, -0.15) is 0 Å². The van der Waals surface area contributed by atoms with Gasteiger partial charge in [0.1, 0.15) is 0 Å². The van der Waals surface area contributed by atoms with Gasteiger partial charge in [0.25, 0.3) is 0 Å². The largest absolute Gasteiger partial charge is 0.373 e. The van der Waals surface area contributed by atoms with Crippen molar-refractivity contribution in [2.75, 3.05) is 19.7 Å². The predicted molar refractivity (Wildman–Crippen MR) is 97.5 cm³/mol. The van der Waals surface area contributed by atoms with Crippen molar-refractivity contribution in [3.63, 3.8) is 0 Å². The van der Waals surface area contributed by atoms with E-state index in [4.69, 9.17) is 14.5 Å². The summed E-state index contributed by atoms with van der Waals surface area (Å²) in [4.78, 5) is 4.92. The molecule has 0 radical (unpaired) electrons. The lowest BCUT2D eigenvalue weighted by Gasteiger charge is -2.36. The molecular weight excluding hydrogens is 302 g/mol. The molecule has 2 heterocycles. The standard InChI is InChI=1S/C19H35N3O2/c1-3-12-23-19(10-6-5-7-11-19)14-21-18(20-4-2)22-16-13-15-8-9-17(16)24-15/h15-17H,3-14H2,1-2H3,(H2,20,21,22). The first kappa shape index (κ1) is 18.0. The summed E-state index contributed by atoms with van der Waals surface area (Å²) in [6.07, 6.45) is 11.6. The Balaban J connectivity index is 1.60. The fourth-order valence-electron chi connectivity index (χ4n) is 4.37. The van der Waals surface area contributed by atoms with Crippen molar-refractivity contribution in [2.24, 2.45) is 4.99 Å². The van der Waals surface area contributed by atoms with Crippen LogP contribution in [-0.4, -0.2) is 49.5 Å². The molecule has 3 unspecified atom stereocenters. The highest BCUT2D eigenvalue weighted by Crippen LogP contribution is 2.34. The number of rotatable bonds is 7. The molecular formula is C19H35N3O2. The number of ether oxygens (including phenoxy) is 2. The Kier molecular flexibility index (Phi) is 6.39. The number of nitrogens with zero attached hydrogens (tertiary/aromatic N) is 1. The van der Waals surface area contributed by atoms with E-state index < -0.39 is 0 Å². The zero-order chi connectivity index (χ0) is 16.8. The zero-order valence-electron chi connectivity index (χ0n) is 15.5. The fraction of sp³-hybridized carbons (Fsp3) is 0.947. The molecule has 2 saturated heterocycles. The molecule has 3 aliphatic rings. The second kappa shape index (κ2) is 8.52. The molecule has 0 aromatic heterocycles. The van der Waals surface area contributed by atoms with E-state index >= 15 is 0 Å². The predicted octanol–water partition coefficient (Wildman–Crippen LogP) is 2.99. The summed E-state index contributed by atoms with van der Waals surface area (Å²) in [5, 5.41) is 7.03. The Bertz CT molecular complexity index is 421. The third kappa shape index (κ3) is 4.42. The summed E-state index contributed by atoms with van der Waals surface area (Å²) in [6, 6.07) is 0.417. The van der Waals surface area contributed by atoms with Crippen LogP contribution in [0.25, 0.3) is 0 Å². The normalized spacial score (nSPS) is 32.1. The molecule has 0 amide bonds. The highest BCUT2D eigenvalue weighted by molar-refractivity contribution is 5.80. The van der Waals surface area contributed by atoms with Crippen molar-refractivity contribution in [3.8, 4) is 0 Å². The number of hydrogen-bond donors (Lipinski definition) is 2. The average Bonchev–Trinajstić information content (AvgIpc) is 3.22. The van der Waals surface area contributed by atoms with Gasteiger partial charge < -0.3 is 20.1 Å². The van der Waals surface area contributed by atoms with Crippen LogP contribution in [0.15, 0.2) is 4.99 Å². The van der Waals surface area contributed by atoms with Crippen LogP contribution in [0.2, 0.25) is 0 Å². The molecule has 3 rings (SSSR count). The molecule has 5 nitrogen and oxygen atoms in total. The molecule has 0 spiro atoms. The van der Waals surface area contributed by atoms with Crippen LogP contribution in [0.3, 0.4) is 0 Å². The molecule has 3 atom stereocenters. The molecule has 24 heavy (non-hydrogen) atoms. The summed E-state index contributed by atoms with van der Waals surface area (Å²) < 4.78 is 12.2. The highest BCUT2D eigenvalue weighted by atomic mass is 16.5. The van der Waals surface area contributed by atoms with Crippen LogP contribution in [0.1, 0.15) is 71.6 Å². The summed E-state index contributed by atoms with van der Waals surface area (Å²) in [6.45, 7) is 6.80. The minimum absolute atomic E-state index is 0.0399. The van der Waals surface area contributed by atoms with Crippen molar-refractivity contribution in [1.82, 2.24) is 10.6 Å². The quantitative estimate of drug-likeness (QED) is 0.554. The Labute approximate surface area is 147 Å². The lowest BCUT2D eigenvalue weighted by atomic mass is 9.84. The van der Waals surface area contributed by atoms with Crippen LogP contribution in [-0.2, 0) is 9.47 Å². The van der Waals surface area contributed by atoms with E-state index in [1.807, 2.05) is 0 Å². The van der Waals surface area contributed by atoms with Gasteiger partial charge in [-0.25, -0.2) is 0 Å². The second-order valence-electron chi connectivity index (χ2n) is 7.65. The lowest BCUT2D eigenvalue weighted by molar-refractivity contribution is -0.0624. The van der Waals surface area contributed by atoms with Gasteiger partial charge >= 0.3 is 0 Å². The molecule has 0 aromatic rings. The number of hydrogen-bond acceptors (Lipinski definition) is 3. The maximum atomic E-state index is 6.28. The molecule has 3 fully saturated rings. The SMILES string of the molecule is CCCOC1(CN=C(NCC)NC2CC3CCC2O3)CCCCC1. The number of aliphatic imine (C=N–C) groups is 1. The zero-order valence-corrected chi connectivity index (χ0v) is 15.5. The maximum absolute atomic E-state index is 6.28. The Hall–Kier alpha value is -0.810. The van der Waals surface area contributed by atoms with Gasteiger partial charge in [0.05, 0.1) is 30.4 Å². The second-order valence-corrected chi connectivity index (χ2v) is 7.65. The van der Waals surface area contributed by atoms with Gasteiger partial charge in [-0.1, -0.05) is 26.2 Å². The first-order chi connectivity index (χ1) is 11.7. The fourth-order valence-corrected chi connectivity index (χ4v) is 4.37. The summed E-state index contributed by atoms with van der Waals surface area (Å²) in [7, 11) is 0. The number of guanidine groups is 1. The summed E-state index contributed by atoms with van der Waals surface area (Å²) >= 11 is 0. The Morgan fingerprint density at radius 3 is 2.67 bits per heavy atom. The van der Waals surface area contributed by atoms with Crippen LogP contribution >= 0.6 is 0 Å². The van der Waals surface area contributed by atoms with E-state index in [9.17, 15) is 0 Å². The molecule has 2 aliphatic heterocycles. The van der Waals surface area contributed by atoms with Crippen LogP contribution < -0.4 is 10.6 Å². The van der Waals surface area contributed by atoms with E-state index in [0.717, 1.165) is 51.3 Å². The molecule has 138 valence electrons. The van der Waals surface area contributed by atoms with Gasteiger partial charge in [-0.3, -0.25) is 4.99 Å². The summed E-state index contributed by atoms with van der Waals surface area (Å²) in [5.74, 6) is 0.934. The Morgan fingerprint density at radius 2 is 2.04 bits per heavy atom. The van der Waals surface area contributed by atoms with E-state index in [2.05, 4.69) is 24.5 Å². The highest BCUT2D eigenvalue weighted by Gasteiger charge is 2.41. The van der Waals surface area contributed by atoms with Gasteiger partial charge in [0.15, 0.2) is 5.96 Å². The van der Waals surface area contributed by atoms with Crippen molar-refractivity contribution in [2.45, 2.75) is 95.5 Å². The van der Waals surface area contributed by atoms with E-state index in [-0.39, 0.29) is 5.60 Å². The smallest absolute Gasteiger partial charge is 0.191 e. The van der Waals surface area contributed by atoms with Crippen molar-refractivity contribution in [1.29, 1.82) is 0 Å². The number of nitrogens with one attached hydrogen (secondary N) is 2. The first-order valence-electron chi connectivity index (χ1n) is 10.1. The molecule has 2 bridgehead atoms. The monoisotopic (exact) mass is 337 g/mol. The van der Waals surface area contributed by atoms with Gasteiger partial charge in [0.2, 0.25) is 0 Å². The van der Waals surface area contributed by atoms with Crippen LogP contribution in [0, 0.1) is 0 Å². The topological polar surface area (TPSA) is 54.9 Å². The van der Waals surface area contributed by atoms with Gasteiger partial charge in [-0.15, -0.1) is 0 Å². The van der Waals surface area contributed by atoms with E-state index in [1.54, 1.807) is 0 Å². The van der Waals surface area contributed by atoms with Crippen molar-refractivity contribution < 1.29 is 9.47 Å². The lowest BCUT2D eigenvalue weighted by Crippen LogP contribution is -2.48. The van der Waals surface area contributed by atoms with Crippen LogP contribution in [0.4, 0.5) is 0 Å². The van der Waals surface area contributed by atoms with Crippen molar-refractivity contribution >= 4 is 5.96 Å². The summed E-state index contributed by atoms with van der Waals surface area (Å²) in [5.41, 5.74) is -0.0399. The number of fused-ring (bicyclic) bond motifs is 2. The third-order valence-corrected chi connectivity index (χ3v) is 5.67. The van der Waals surface area contributed by atoms with Crippen molar-refractivity contribution in [3.05, 3.63) is 0 Å². The molecule has 1 aliphatic carbocycles. The Morgan fingerprint density at radius 1 is 1.21 bits per heavy atom. The van der Waals surface area contributed by atoms with Crippen LogP contribution in [0.5, 0.6) is 0 Å². The van der Waals surface area contributed by atoms with E-state index in [1.165, 1.54) is 32.1 Å². The average molecular weight is 338 g/mol.